The van der Waals surface area contributed by atoms with Gasteiger partial charge in [-0.1, -0.05) is 6.42 Å². The second-order valence-electron chi connectivity index (χ2n) is 5.41. The molecule has 2 aliphatic heterocycles. The zero-order chi connectivity index (χ0) is 11.8. The van der Waals surface area contributed by atoms with E-state index in [1.165, 1.54) is 19.3 Å². The van der Waals surface area contributed by atoms with Crippen LogP contribution in [0.5, 0.6) is 0 Å². The maximum atomic E-state index is 12.4. The van der Waals surface area contributed by atoms with Gasteiger partial charge < -0.3 is 10.2 Å². The van der Waals surface area contributed by atoms with Crippen LogP contribution in [0.2, 0.25) is 0 Å². The van der Waals surface area contributed by atoms with E-state index in [1.54, 1.807) is 0 Å². The van der Waals surface area contributed by atoms with Gasteiger partial charge in [0.2, 0.25) is 5.91 Å². The molecule has 3 unspecified atom stereocenters. The summed E-state index contributed by atoms with van der Waals surface area (Å²) in [5.74, 6) is 2.87. The van der Waals surface area contributed by atoms with Crippen molar-refractivity contribution in [2.24, 2.45) is 11.8 Å². The second-order valence-corrected chi connectivity index (χ2v) is 7.11. The Bertz CT molecular complexity index is 337. The van der Waals surface area contributed by atoms with Gasteiger partial charge in [-0.25, -0.2) is 0 Å². The molecule has 1 saturated carbocycles. The first-order chi connectivity index (χ1) is 8.25. The van der Waals surface area contributed by atoms with Crippen molar-refractivity contribution in [1.82, 2.24) is 10.2 Å². The van der Waals surface area contributed by atoms with E-state index in [4.69, 9.17) is 0 Å². The predicted molar refractivity (Wildman–Crippen MR) is 67.1 cm³/mol. The Labute approximate surface area is 105 Å². The van der Waals surface area contributed by atoms with E-state index < -0.39 is 10.8 Å². The molecular weight excluding hydrogens is 236 g/mol. The van der Waals surface area contributed by atoms with E-state index in [0.29, 0.717) is 30.5 Å². The van der Waals surface area contributed by atoms with Gasteiger partial charge in [0.1, 0.15) is 0 Å². The Hall–Kier alpha value is -0.420. The summed E-state index contributed by atoms with van der Waals surface area (Å²) in [7, 11) is -0.698. The second kappa shape index (κ2) is 4.69. The Morgan fingerprint density at radius 3 is 2.76 bits per heavy atom. The third-order valence-electron chi connectivity index (χ3n) is 4.50. The van der Waals surface area contributed by atoms with Gasteiger partial charge in [0.15, 0.2) is 0 Å². The molecule has 0 aromatic rings. The minimum atomic E-state index is -0.698. The number of amides is 1. The Kier molecular flexibility index (Phi) is 3.21. The van der Waals surface area contributed by atoms with Crippen LogP contribution in [0, 0.1) is 11.8 Å². The fourth-order valence-electron chi connectivity index (χ4n) is 3.51. The Morgan fingerprint density at radius 2 is 2.00 bits per heavy atom. The molecule has 3 fully saturated rings. The van der Waals surface area contributed by atoms with Gasteiger partial charge in [-0.3, -0.25) is 9.00 Å². The van der Waals surface area contributed by atoms with Crippen molar-refractivity contribution in [2.75, 3.05) is 31.1 Å². The van der Waals surface area contributed by atoms with Gasteiger partial charge in [0.05, 0.1) is 6.04 Å². The van der Waals surface area contributed by atoms with Crippen LogP contribution in [0.4, 0.5) is 0 Å². The topological polar surface area (TPSA) is 49.4 Å². The molecule has 0 spiro atoms. The molecule has 0 aromatic heterocycles. The number of carbonyl (C=O) groups is 1. The molecular formula is C12H20N2O2S. The quantitative estimate of drug-likeness (QED) is 0.716. The van der Waals surface area contributed by atoms with Crippen molar-refractivity contribution in [3.05, 3.63) is 0 Å². The number of rotatable bonds is 1. The molecule has 3 atom stereocenters. The largest absolute Gasteiger partial charge is 0.339 e. The van der Waals surface area contributed by atoms with E-state index in [1.807, 2.05) is 4.90 Å². The first-order valence-corrected chi connectivity index (χ1v) is 8.11. The minimum absolute atomic E-state index is 0.0500. The molecule has 1 amide bonds. The highest BCUT2D eigenvalue weighted by molar-refractivity contribution is 7.85. The van der Waals surface area contributed by atoms with Crippen LogP contribution in [-0.2, 0) is 15.6 Å². The summed E-state index contributed by atoms with van der Waals surface area (Å²) in [4.78, 5) is 14.3. The molecule has 17 heavy (non-hydrogen) atoms. The lowest BCUT2D eigenvalue weighted by Gasteiger charge is -2.30. The number of nitrogens with zero attached hydrogens (tertiary/aromatic N) is 1. The normalized spacial score (nSPS) is 38.4. The number of carbonyl (C=O) groups excluding carboxylic acids is 1. The van der Waals surface area contributed by atoms with E-state index in [0.717, 1.165) is 12.5 Å². The van der Waals surface area contributed by atoms with Crippen LogP contribution < -0.4 is 5.32 Å². The number of nitrogens with one attached hydrogen (secondary N) is 1. The fourth-order valence-corrected chi connectivity index (χ4v) is 4.57. The molecule has 0 aromatic carbocycles. The highest BCUT2D eigenvalue weighted by Gasteiger charge is 2.43. The van der Waals surface area contributed by atoms with Crippen molar-refractivity contribution in [3.63, 3.8) is 0 Å². The molecule has 2 saturated heterocycles. The predicted octanol–water partition coefficient (Wildman–Crippen LogP) is -0.0346. The molecule has 1 aliphatic carbocycles. The van der Waals surface area contributed by atoms with Crippen LogP contribution in [0.25, 0.3) is 0 Å². The number of fused-ring (bicyclic) bond motifs is 1. The molecule has 3 rings (SSSR count). The summed E-state index contributed by atoms with van der Waals surface area (Å²) in [5.41, 5.74) is 0. The molecule has 3 aliphatic rings. The van der Waals surface area contributed by atoms with Gasteiger partial charge in [-0.15, -0.1) is 0 Å². The fraction of sp³-hybridized carbons (Fsp3) is 0.917. The van der Waals surface area contributed by atoms with E-state index in [9.17, 15) is 9.00 Å². The summed E-state index contributed by atoms with van der Waals surface area (Å²) in [6.45, 7) is 2.38. The van der Waals surface area contributed by atoms with Crippen molar-refractivity contribution in [3.8, 4) is 0 Å². The standard InChI is InChI=1S/C12H20N2O2S/c15-12(14-4-6-17(16)7-5-14)11-10-3-1-2-9(10)8-13-11/h9-11,13H,1-8H2. The first-order valence-electron chi connectivity index (χ1n) is 6.63. The van der Waals surface area contributed by atoms with Gasteiger partial charge >= 0.3 is 0 Å². The third-order valence-corrected chi connectivity index (χ3v) is 5.78. The number of hydrogen-bond donors (Lipinski definition) is 1. The highest BCUT2D eigenvalue weighted by atomic mass is 32.2. The minimum Gasteiger partial charge on any atom is -0.339 e. The first kappa shape index (κ1) is 11.7. The molecule has 96 valence electrons. The van der Waals surface area contributed by atoms with E-state index >= 15 is 0 Å². The van der Waals surface area contributed by atoms with Crippen LogP contribution in [-0.4, -0.2) is 52.2 Å². The van der Waals surface area contributed by atoms with Gasteiger partial charge in [-0.2, -0.15) is 0 Å². The lowest BCUT2D eigenvalue weighted by molar-refractivity contribution is -0.133. The van der Waals surface area contributed by atoms with Crippen molar-refractivity contribution in [1.29, 1.82) is 0 Å². The van der Waals surface area contributed by atoms with E-state index in [-0.39, 0.29) is 11.9 Å². The molecule has 4 nitrogen and oxygen atoms in total. The maximum absolute atomic E-state index is 12.4. The average Bonchev–Trinajstić information content (AvgIpc) is 2.90. The average molecular weight is 256 g/mol. The number of hydrogen-bond acceptors (Lipinski definition) is 3. The summed E-state index contributed by atoms with van der Waals surface area (Å²) in [6.07, 6.45) is 3.77. The Morgan fingerprint density at radius 1 is 1.24 bits per heavy atom. The lowest BCUT2D eigenvalue weighted by atomic mass is 9.93. The summed E-state index contributed by atoms with van der Waals surface area (Å²) in [5, 5.41) is 3.40. The summed E-state index contributed by atoms with van der Waals surface area (Å²) in [6, 6.07) is 0.0500. The molecule has 2 heterocycles. The molecule has 5 heteroatoms. The van der Waals surface area contributed by atoms with Gasteiger partial charge in [-0.05, 0) is 31.2 Å². The zero-order valence-electron chi connectivity index (χ0n) is 10.1. The highest BCUT2D eigenvalue weighted by Crippen LogP contribution is 2.38. The monoisotopic (exact) mass is 256 g/mol. The van der Waals surface area contributed by atoms with Gasteiger partial charge in [0, 0.05) is 35.4 Å². The van der Waals surface area contributed by atoms with Gasteiger partial charge in [0.25, 0.3) is 0 Å². The van der Waals surface area contributed by atoms with Crippen molar-refractivity contribution in [2.45, 2.75) is 25.3 Å². The summed E-state index contributed by atoms with van der Waals surface area (Å²) >= 11 is 0. The maximum Gasteiger partial charge on any atom is 0.240 e. The smallest absolute Gasteiger partial charge is 0.240 e. The van der Waals surface area contributed by atoms with Crippen LogP contribution in [0.1, 0.15) is 19.3 Å². The third kappa shape index (κ3) is 2.15. The SMILES string of the molecule is O=C(C1NCC2CCCC21)N1CCS(=O)CC1. The van der Waals surface area contributed by atoms with Crippen LogP contribution in [0.3, 0.4) is 0 Å². The van der Waals surface area contributed by atoms with Crippen LogP contribution in [0.15, 0.2) is 0 Å². The van der Waals surface area contributed by atoms with E-state index in [2.05, 4.69) is 5.32 Å². The van der Waals surface area contributed by atoms with Crippen molar-refractivity contribution >= 4 is 16.7 Å². The van der Waals surface area contributed by atoms with Crippen molar-refractivity contribution < 1.29 is 9.00 Å². The zero-order valence-corrected chi connectivity index (χ0v) is 10.9. The summed E-state index contributed by atoms with van der Waals surface area (Å²) < 4.78 is 11.3. The van der Waals surface area contributed by atoms with Crippen LogP contribution >= 0.6 is 0 Å². The lowest BCUT2D eigenvalue weighted by Crippen LogP contribution is -2.50. The molecule has 0 bridgehead atoms. The Balaban J connectivity index is 1.64. The molecule has 0 radical (unpaired) electrons. The molecule has 1 N–H and O–H groups in total.